The van der Waals surface area contributed by atoms with E-state index in [2.05, 4.69) is 28.9 Å². The van der Waals surface area contributed by atoms with Crippen LogP contribution in [-0.2, 0) is 11.3 Å². The van der Waals surface area contributed by atoms with Crippen LogP contribution < -0.4 is 0 Å². The van der Waals surface area contributed by atoms with Gasteiger partial charge in [-0.2, -0.15) is 0 Å². The second-order valence-corrected chi connectivity index (χ2v) is 8.24. The molecule has 0 saturated carbocycles. The molecule has 0 radical (unpaired) electrons. The SMILES string of the molecule is CCCCN1C[C@]2(CCCN(Cc3ccc(C(C)=O)cc3)C2)CCC1=O. The average molecular weight is 357 g/mol. The number of likely N-dealkylation sites (tertiary alicyclic amines) is 2. The quantitative estimate of drug-likeness (QED) is 0.726. The third kappa shape index (κ3) is 4.53. The first-order valence-electron chi connectivity index (χ1n) is 10.1. The van der Waals surface area contributed by atoms with E-state index in [1.807, 2.05) is 12.1 Å². The third-order valence-electron chi connectivity index (χ3n) is 6.04. The molecule has 1 amide bonds. The molecule has 0 unspecified atom stereocenters. The molecule has 26 heavy (non-hydrogen) atoms. The Labute approximate surface area is 157 Å². The first kappa shape index (κ1) is 19.1. The lowest BCUT2D eigenvalue weighted by Crippen LogP contribution is -2.53. The molecule has 2 aliphatic rings. The molecule has 2 aliphatic heterocycles. The molecule has 142 valence electrons. The lowest BCUT2D eigenvalue weighted by atomic mass is 9.73. The van der Waals surface area contributed by atoms with E-state index in [1.165, 1.54) is 18.4 Å². The van der Waals surface area contributed by atoms with Gasteiger partial charge in [-0.3, -0.25) is 14.5 Å². The van der Waals surface area contributed by atoms with Crippen molar-refractivity contribution in [2.75, 3.05) is 26.2 Å². The van der Waals surface area contributed by atoms with Crippen molar-refractivity contribution in [1.29, 1.82) is 0 Å². The van der Waals surface area contributed by atoms with E-state index in [0.717, 1.165) is 57.5 Å². The van der Waals surface area contributed by atoms with Gasteiger partial charge in [-0.15, -0.1) is 0 Å². The number of benzene rings is 1. The van der Waals surface area contributed by atoms with Gasteiger partial charge in [0, 0.05) is 43.6 Å². The fraction of sp³-hybridized carbons (Fsp3) is 0.636. The van der Waals surface area contributed by atoms with Crippen LogP contribution in [0.5, 0.6) is 0 Å². The average Bonchev–Trinajstić information content (AvgIpc) is 2.63. The molecule has 2 saturated heterocycles. The summed E-state index contributed by atoms with van der Waals surface area (Å²) in [5, 5.41) is 0. The van der Waals surface area contributed by atoms with Crippen molar-refractivity contribution >= 4 is 11.7 Å². The Balaban J connectivity index is 1.62. The van der Waals surface area contributed by atoms with Crippen molar-refractivity contribution in [1.82, 2.24) is 9.80 Å². The maximum Gasteiger partial charge on any atom is 0.222 e. The van der Waals surface area contributed by atoms with Crippen LogP contribution >= 0.6 is 0 Å². The second-order valence-electron chi connectivity index (χ2n) is 8.24. The molecule has 0 aliphatic carbocycles. The molecule has 1 atom stereocenters. The van der Waals surface area contributed by atoms with Crippen molar-refractivity contribution in [3.63, 3.8) is 0 Å². The first-order chi connectivity index (χ1) is 12.5. The maximum absolute atomic E-state index is 12.3. The number of unbranched alkanes of at least 4 members (excludes halogenated alkanes) is 1. The third-order valence-corrected chi connectivity index (χ3v) is 6.04. The molecule has 1 aromatic rings. The van der Waals surface area contributed by atoms with Gasteiger partial charge < -0.3 is 4.90 Å². The number of hydrogen-bond donors (Lipinski definition) is 0. The van der Waals surface area contributed by atoms with Crippen molar-refractivity contribution in [3.05, 3.63) is 35.4 Å². The zero-order chi connectivity index (χ0) is 18.6. The largest absolute Gasteiger partial charge is 0.342 e. The van der Waals surface area contributed by atoms with E-state index < -0.39 is 0 Å². The molecule has 0 aromatic heterocycles. The molecule has 4 nitrogen and oxygen atoms in total. The van der Waals surface area contributed by atoms with Gasteiger partial charge in [0.2, 0.25) is 5.91 Å². The number of hydrogen-bond acceptors (Lipinski definition) is 3. The van der Waals surface area contributed by atoms with Gasteiger partial charge in [0.1, 0.15) is 0 Å². The number of Topliss-reactive ketones (excluding diaryl/α,β-unsaturated/α-hetero) is 1. The second kappa shape index (κ2) is 8.34. The zero-order valence-electron chi connectivity index (χ0n) is 16.3. The zero-order valence-corrected chi connectivity index (χ0v) is 16.3. The summed E-state index contributed by atoms with van der Waals surface area (Å²) >= 11 is 0. The van der Waals surface area contributed by atoms with E-state index >= 15 is 0 Å². The van der Waals surface area contributed by atoms with Crippen LogP contribution in [0.25, 0.3) is 0 Å². The Kier molecular flexibility index (Phi) is 6.13. The van der Waals surface area contributed by atoms with Gasteiger partial charge in [-0.05, 0) is 44.7 Å². The van der Waals surface area contributed by atoms with E-state index in [4.69, 9.17) is 0 Å². The summed E-state index contributed by atoms with van der Waals surface area (Å²) in [4.78, 5) is 28.4. The number of carbonyl (C=O) groups excluding carboxylic acids is 2. The number of nitrogens with zero attached hydrogens (tertiary/aromatic N) is 2. The monoisotopic (exact) mass is 356 g/mol. The molecule has 1 aromatic carbocycles. The summed E-state index contributed by atoms with van der Waals surface area (Å²) in [6, 6.07) is 8.03. The summed E-state index contributed by atoms with van der Waals surface area (Å²) < 4.78 is 0. The van der Waals surface area contributed by atoms with E-state index in [0.29, 0.717) is 12.3 Å². The minimum Gasteiger partial charge on any atom is -0.342 e. The molecular weight excluding hydrogens is 324 g/mol. The van der Waals surface area contributed by atoms with Crippen LogP contribution in [0.1, 0.15) is 68.3 Å². The summed E-state index contributed by atoms with van der Waals surface area (Å²) in [5.41, 5.74) is 2.32. The molecule has 2 heterocycles. The minimum absolute atomic E-state index is 0.118. The van der Waals surface area contributed by atoms with Gasteiger partial charge in [-0.25, -0.2) is 0 Å². The molecule has 4 heteroatoms. The van der Waals surface area contributed by atoms with Crippen LogP contribution in [0.2, 0.25) is 0 Å². The maximum atomic E-state index is 12.3. The van der Waals surface area contributed by atoms with Crippen molar-refractivity contribution in [3.8, 4) is 0 Å². The highest BCUT2D eigenvalue weighted by Gasteiger charge is 2.41. The van der Waals surface area contributed by atoms with Crippen molar-refractivity contribution in [2.24, 2.45) is 5.41 Å². The molecule has 0 bridgehead atoms. The minimum atomic E-state index is 0.118. The van der Waals surface area contributed by atoms with Crippen LogP contribution in [0.3, 0.4) is 0 Å². The van der Waals surface area contributed by atoms with Gasteiger partial charge in [-0.1, -0.05) is 37.6 Å². The summed E-state index contributed by atoms with van der Waals surface area (Å²) in [5.74, 6) is 0.466. The smallest absolute Gasteiger partial charge is 0.222 e. The van der Waals surface area contributed by atoms with Crippen molar-refractivity contribution < 1.29 is 9.59 Å². The Morgan fingerprint density at radius 2 is 1.92 bits per heavy atom. The first-order valence-corrected chi connectivity index (χ1v) is 10.1. The number of ketones is 1. The molecule has 3 rings (SSSR count). The van der Waals surface area contributed by atoms with Gasteiger partial charge in [0.25, 0.3) is 0 Å². The summed E-state index contributed by atoms with van der Waals surface area (Å²) in [6.07, 6.45) is 6.44. The van der Waals surface area contributed by atoms with Gasteiger partial charge >= 0.3 is 0 Å². The Hall–Kier alpha value is -1.68. The molecular formula is C22H32N2O2. The molecule has 0 N–H and O–H groups in total. The Morgan fingerprint density at radius 1 is 1.15 bits per heavy atom. The number of rotatable bonds is 6. The number of amides is 1. The highest BCUT2D eigenvalue weighted by molar-refractivity contribution is 5.94. The lowest BCUT2D eigenvalue weighted by molar-refractivity contribution is -0.139. The number of carbonyl (C=O) groups is 2. The Morgan fingerprint density at radius 3 is 2.62 bits per heavy atom. The number of piperidine rings is 2. The fourth-order valence-electron chi connectivity index (χ4n) is 4.54. The van der Waals surface area contributed by atoms with Crippen molar-refractivity contribution in [2.45, 2.75) is 58.9 Å². The van der Waals surface area contributed by atoms with E-state index in [-0.39, 0.29) is 11.2 Å². The van der Waals surface area contributed by atoms with E-state index in [1.54, 1.807) is 6.92 Å². The van der Waals surface area contributed by atoms with Crippen LogP contribution in [0.15, 0.2) is 24.3 Å². The molecule has 2 fully saturated rings. The standard InChI is InChI=1S/C22H32N2O2/c1-3-4-14-24-17-22(12-10-21(24)26)11-5-13-23(16-22)15-19-6-8-20(9-7-19)18(2)25/h6-9H,3-5,10-17H2,1-2H3/t22-/m1/s1. The highest BCUT2D eigenvalue weighted by Crippen LogP contribution is 2.39. The highest BCUT2D eigenvalue weighted by atomic mass is 16.2. The van der Waals surface area contributed by atoms with Gasteiger partial charge in [0.15, 0.2) is 5.78 Å². The molecule has 1 spiro atoms. The summed E-state index contributed by atoms with van der Waals surface area (Å²) in [6.45, 7) is 8.79. The van der Waals surface area contributed by atoms with Crippen LogP contribution in [-0.4, -0.2) is 47.7 Å². The van der Waals surface area contributed by atoms with Crippen LogP contribution in [0.4, 0.5) is 0 Å². The van der Waals surface area contributed by atoms with Crippen LogP contribution in [0, 0.1) is 5.41 Å². The van der Waals surface area contributed by atoms with Gasteiger partial charge in [0.05, 0.1) is 0 Å². The normalized spacial score (nSPS) is 24.2. The Bertz CT molecular complexity index is 640. The predicted molar refractivity (Wildman–Crippen MR) is 104 cm³/mol. The predicted octanol–water partition coefficient (Wildman–Crippen LogP) is 3.89. The summed E-state index contributed by atoms with van der Waals surface area (Å²) in [7, 11) is 0. The fourth-order valence-corrected chi connectivity index (χ4v) is 4.54. The van der Waals surface area contributed by atoms with E-state index in [9.17, 15) is 9.59 Å². The topological polar surface area (TPSA) is 40.6 Å². The lowest BCUT2D eigenvalue weighted by Gasteiger charge is -2.48.